The Morgan fingerprint density at radius 1 is 1.11 bits per heavy atom. The van der Waals surface area contributed by atoms with Crippen molar-refractivity contribution in [3.05, 3.63) is 76.0 Å². The Morgan fingerprint density at radius 2 is 1.93 bits per heavy atom. The van der Waals surface area contributed by atoms with Crippen LogP contribution in [0, 0.1) is 11.6 Å². The molecular weight excluding hydrogens is 606 g/mol. The largest absolute Gasteiger partial charge is 0.508 e. The monoisotopic (exact) mass is 632 g/mol. The number of fused-ring (bicyclic) bond motifs is 5. The first-order chi connectivity index (χ1) is 21.3. The summed E-state index contributed by atoms with van der Waals surface area (Å²) in [6.07, 6.45) is 7.86. The molecule has 0 spiro atoms. The van der Waals surface area contributed by atoms with E-state index < -0.39 is 11.6 Å². The molecule has 6 heterocycles. The minimum atomic E-state index is -0.689. The Morgan fingerprint density at radius 3 is 2.70 bits per heavy atom. The maximum Gasteiger partial charge on any atom is 0.319 e. The molecule has 8 nitrogen and oxygen atoms in total. The van der Waals surface area contributed by atoms with Crippen molar-refractivity contribution in [2.24, 2.45) is 0 Å². The number of nitrogens with zero attached hydrogens (tertiary/aromatic N) is 5. The maximum atomic E-state index is 16.7. The zero-order valence-electron chi connectivity index (χ0n) is 23.6. The molecule has 2 aliphatic rings. The first kappa shape index (κ1) is 27.5. The quantitative estimate of drug-likeness (QED) is 0.207. The number of hydrogen-bond acceptors (Lipinski definition) is 8. The maximum absolute atomic E-state index is 16.7. The predicted molar refractivity (Wildman–Crippen MR) is 168 cm³/mol. The number of nitrogens with one attached hydrogen (secondary N) is 1. The van der Waals surface area contributed by atoms with Crippen LogP contribution in [-0.4, -0.2) is 49.6 Å². The molecule has 2 N–H and O–H groups in total. The molecule has 44 heavy (non-hydrogen) atoms. The normalized spacial score (nSPS) is 18.2. The number of aromatic hydroxyl groups is 1. The van der Waals surface area contributed by atoms with Gasteiger partial charge in [-0.1, -0.05) is 24.6 Å². The molecule has 2 saturated heterocycles. The Hall–Kier alpha value is -4.06. The second kappa shape index (κ2) is 10.5. The van der Waals surface area contributed by atoms with Crippen LogP contribution < -0.4 is 15.0 Å². The van der Waals surface area contributed by atoms with Crippen molar-refractivity contribution < 1.29 is 18.6 Å². The van der Waals surface area contributed by atoms with Gasteiger partial charge in [0.05, 0.1) is 5.39 Å². The van der Waals surface area contributed by atoms with Crippen LogP contribution in [-0.2, 0) is 13.0 Å². The number of phenolic OH excluding ortho intramolecular Hbond substituents is 1. The van der Waals surface area contributed by atoms with E-state index in [0.29, 0.717) is 55.9 Å². The van der Waals surface area contributed by atoms with Crippen molar-refractivity contribution in [2.45, 2.75) is 44.9 Å². The lowest BCUT2D eigenvalue weighted by molar-refractivity contribution is 0.281. The molecule has 2 aliphatic heterocycles. The number of hydrogen-bond donors (Lipinski definition) is 2. The van der Waals surface area contributed by atoms with E-state index in [2.05, 4.69) is 20.2 Å². The summed E-state index contributed by atoms with van der Waals surface area (Å²) in [5.41, 5.74) is 1.65. The molecule has 2 fully saturated rings. The first-order valence-electron chi connectivity index (χ1n) is 14.5. The highest BCUT2D eigenvalue weighted by molar-refractivity contribution is 7.21. The lowest BCUT2D eigenvalue weighted by atomic mass is 9.94. The summed E-state index contributed by atoms with van der Waals surface area (Å²) >= 11 is 7.58. The van der Waals surface area contributed by atoms with Crippen molar-refractivity contribution in [1.29, 1.82) is 0 Å². The molecule has 0 amide bonds. The zero-order valence-corrected chi connectivity index (χ0v) is 25.2. The number of aryl methyl sites for hydroxylation is 1. The van der Waals surface area contributed by atoms with Crippen LogP contribution >= 0.6 is 22.9 Å². The van der Waals surface area contributed by atoms with Crippen molar-refractivity contribution in [3.8, 4) is 23.0 Å². The molecule has 0 radical (unpaired) electrons. The Bertz CT molecular complexity index is 2060. The summed E-state index contributed by atoms with van der Waals surface area (Å²) < 4.78 is 40.3. The third kappa shape index (κ3) is 4.61. The van der Waals surface area contributed by atoms with Crippen LogP contribution in [0.2, 0.25) is 4.34 Å². The van der Waals surface area contributed by atoms with E-state index in [9.17, 15) is 9.50 Å². The van der Waals surface area contributed by atoms with Crippen LogP contribution in [0.15, 0.2) is 48.9 Å². The number of halogens is 3. The standard InChI is InChI=1S/C32H27ClF2N6O2S/c1-2-21-24(34)6-3-17-8-20(42)9-22(27(17)21)29-28(35)30-23(10-36-29)31(41-12-18-4-5-19(13-41)37-18)39-32(38-30)43-15-16-7-26-40(11-16)14-25(33)44-26/h3,6-11,14,18-19,37,42H,2,4-5,12-13,15H2,1H3/t18-,19+. The van der Waals surface area contributed by atoms with Gasteiger partial charge < -0.3 is 24.5 Å². The van der Waals surface area contributed by atoms with E-state index in [0.717, 1.165) is 36.3 Å². The fourth-order valence-corrected chi connectivity index (χ4v) is 7.80. The first-order valence-corrected chi connectivity index (χ1v) is 15.7. The van der Waals surface area contributed by atoms with Crippen molar-refractivity contribution in [3.63, 3.8) is 0 Å². The van der Waals surface area contributed by atoms with Gasteiger partial charge in [0, 0.05) is 54.9 Å². The number of phenols is 1. The third-order valence-corrected chi connectivity index (χ3v) is 9.77. The molecule has 0 aliphatic carbocycles. The highest BCUT2D eigenvalue weighted by Gasteiger charge is 2.34. The second-order valence-corrected chi connectivity index (χ2v) is 13.1. The van der Waals surface area contributed by atoms with E-state index in [1.165, 1.54) is 23.5 Å². The van der Waals surface area contributed by atoms with E-state index >= 15 is 4.39 Å². The Balaban J connectivity index is 1.27. The summed E-state index contributed by atoms with van der Waals surface area (Å²) in [5, 5.41) is 15.7. The highest BCUT2D eigenvalue weighted by Crippen LogP contribution is 2.39. The number of ether oxygens (including phenoxy) is 1. The second-order valence-electron chi connectivity index (χ2n) is 11.4. The Labute approximate surface area is 259 Å². The van der Waals surface area contributed by atoms with Gasteiger partial charge in [-0.05, 0) is 59.9 Å². The molecular formula is C32H27ClF2N6O2S. The van der Waals surface area contributed by atoms with Crippen LogP contribution in [0.25, 0.3) is 37.8 Å². The molecule has 0 unspecified atom stereocenters. The van der Waals surface area contributed by atoms with Crippen LogP contribution in [0.3, 0.4) is 0 Å². The predicted octanol–water partition coefficient (Wildman–Crippen LogP) is 6.88. The van der Waals surface area contributed by atoms with Gasteiger partial charge in [-0.15, -0.1) is 11.3 Å². The van der Waals surface area contributed by atoms with Gasteiger partial charge in [0.2, 0.25) is 0 Å². The lowest BCUT2D eigenvalue weighted by Crippen LogP contribution is -2.51. The molecule has 2 atom stereocenters. The molecule has 224 valence electrons. The highest BCUT2D eigenvalue weighted by atomic mass is 35.5. The van der Waals surface area contributed by atoms with E-state index in [-0.39, 0.29) is 29.6 Å². The molecule has 8 rings (SSSR count). The average molecular weight is 633 g/mol. The summed E-state index contributed by atoms with van der Waals surface area (Å²) in [6, 6.07) is 8.58. The number of benzene rings is 2. The van der Waals surface area contributed by atoms with Crippen LogP contribution in [0.1, 0.15) is 30.9 Å². The summed E-state index contributed by atoms with van der Waals surface area (Å²) in [5.74, 6) is -0.590. The molecule has 2 aromatic carbocycles. The van der Waals surface area contributed by atoms with Crippen molar-refractivity contribution >= 4 is 55.3 Å². The van der Waals surface area contributed by atoms with E-state index in [1.54, 1.807) is 18.3 Å². The topological polar surface area (TPSA) is 87.8 Å². The minimum absolute atomic E-state index is 0.0285. The van der Waals surface area contributed by atoms with Gasteiger partial charge in [-0.3, -0.25) is 4.98 Å². The summed E-state index contributed by atoms with van der Waals surface area (Å²) in [4.78, 5) is 17.0. The summed E-state index contributed by atoms with van der Waals surface area (Å²) in [7, 11) is 0. The molecule has 12 heteroatoms. The van der Waals surface area contributed by atoms with Crippen molar-refractivity contribution in [2.75, 3.05) is 18.0 Å². The average Bonchev–Trinajstić information content (AvgIpc) is 3.67. The Kier molecular flexibility index (Phi) is 6.58. The van der Waals surface area contributed by atoms with Gasteiger partial charge >= 0.3 is 6.01 Å². The molecule has 6 aromatic rings. The van der Waals surface area contributed by atoms with Gasteiger partial charge in [0.1, 0.15) is 44.4 Å². The number of anilines is 1. The van der Waals surface area contributed by atoms with E-state index in [1.807, 2.05) is 29.8 Å². The zero-order chi connectivity index (χ0) is 30.1. The van der Waals surface area contributed by atoms with Crippen molar-refractivity contribution in [1.82, 2.24) is 24.7 Å². The van der Waals surface area contributed by atoms with Gasteiger partial charge in [0.25, 0.3) is 0 Å². The molecule has 2 bridgehead atoms. The number of aromatic nitrogens is 4. The lowest BCUT2D eigenvalue weighted by Gasteiger charge is -2.34. The smallest absolute Gasteiger partial charge is 0.319 e. The van der Waals surface area contributed by atoms with E-state index in [4.69, 9.17) is 21.3 Å². The van der Waals surface area contributed by atoms with Gasteiger partial charge in [0.15, 0.2) is 5.82 Å². The third-order valence-electron chi connectivity index (χ3n) is 8.60. The number of pyridine rings is 1. The summed E-state index contributed by atoms with van der Waals surface area (Å²) in [6.45, 7) is 3.46. The van der Waals surface area contributed by atoms with Crippen LogP contribution in [0.5, 0.6) is 11.8 Å². The number of thiazole rings is 1. The minimum Gasteiger partial charge on any atom is -0.508 e. The number of rotatable bonds is 6. The molecule has 4 aromatic heterocycles. The van der Waals surface area contributed by atoms with Gasteiger partial charge in [-0.25, -0.2) is 8.78 Å². The van der Waals surface area contributed by atoms with Crippen LogP contribution in [0.4, 0.5) is 14.6 Å². The van der Waals surface area contributed by atoms with Gasteiger partial charge in [-0.2, -0.15) is 9.97 Å². The molecule has 0 saturated carbocycles. The fraction of sp³-hybridized carbons (Fsp3) is 0.281. The fourth-order valence-electron chi connectivity index (χ4n) is 6.68. The SMILES string of the molecule is CCc1c(F)ccc2cc(O)cc(-c3ncc4c(N5C[C@H]6CC[C@@H](C5)N6)nc(OCc5cc6sc(Cl)cn6c5)nc4c3F)c12. The number of piperazine rings is 1.